The summed E-state index contributed by atoms with van der Waals surface area (Å²) in [6.45, 7) is 18.1. The summed E-state index contributed by atoms with van der Waals surface area (Å²) in [5.74, 6) is 0.608. The average molecular weight is 830 g/mol. The smallest absolute Gasteiger partial charge is 0.261 e. The van der Waals surface area contributed by atoms with Crippen LogP contribution in [-0.4, -0.2) is 146 Å². The Morgan fingerprint density at radius 1 is 0.448 bits per heavy atom. The van der Waals surface area contributed by atoms with Gasteiger partial charge in [-0.1, -0.05) is 81.4 Å². The van der Waals surface area contributed by atoms with Crippen molar-refractivity contribution >= 4 is 30.3 Å². The molecule has 1 N–H and O–H groups in total. The van der Waals surface area contributed by atoms with Crippen LogP contribution in [0, 0.1) is 0 Å². The lowest BCUT2D eigenvalue weighted by molar-refractivity contribution is -0.114. The van der Waals surface area contributed by atoms with E-state index >= 15 is 0 Å². The molecule has 13 nitrogen and oxygen atoms in total. The first-order valence-corrected chi connectivity index (χ1v) is 22.2. The van der Waals surface area contributed by atoms with Crippen LogP contribution < -0.4 is 20.4 Å². The standard InChI is InChI=1S/C44H67NO12Si/c1-39(46)45-40-15-17-41(18-16-40)56-37-35-54-33-31-52-29-27-50-25-23-48-21-19-47-20-22-49-24-26-51-28-30-53-32-34-55-36-38-57-58(44(2,3)4,42-11-7-5-8-12-42)43-13-9-6-10-14-43/h5-18H,19-38H2,1-4H3,(H,45,46). The van der Waals surface area contributed by atoms with Gasteiger partial charge in [-0.05, 0) is 39.7 Å². The summed E-state index contributed by atoms with van der Waals surface area (Å²) in [7, 11) is -2.55. The highest BCUT2D eigenvalue weighted by atomic mass is 28.4. The van der Waals surface area contributed by atoms with Crippen LogP contribution >= 0.6 is 0 Å². The molecule has 0 radical (unpaired) electrons. The van der Waals surface area contributed by atoms with Gasteiger partial charge in [-0.2, -0.15) is 0 Å². The second-order valence-electron chi connectivity index (χ2n) is 14.1. The van der Waals surface area contributed by atoms with Crippen LogP contribution in [-0.2, 0) is 51.9 Å². The predicted octanol–water partition coefficient (Wildman–Crippen LogP) is 4.75. The summed E-state index contributed by atoms with van der Waals surface area (Å²) in [5.41, 5.74) is 0.731. The van der Waals surface area contributed by atoms with E-state index in [0.717, 1.165) is 5.69 Å². The van der Waals surface area contributed by atoms with Gasteiger partial charge in [0, 0.05) is 12.6 Å². The van der Waals surface area contributed by atoms with Crippen molar-refractivity contribution in [3.63, 3.8) is 0 Å². The number of hydrogen-bond acceptors (Lipinski definition) is 12. The number of anilines is 1. The Balaban J connectivity index is 1.01. The van der Waals surface area contributed by atoms with Gasteiger partial charge in [0.15, 0.2) is 0 Å². The summed E-state index contributed by atoms with van der Waals surface area (Å²) in [4.78, 5) is 11.1. The lowest BCUT2D eigenvalue weighted by atomic mass is 10.2. The van der Waals surface area contributed by atoms with E-state index in [4.69, 9.17) is 51.8 Å². The molecule has 0 aliphatic rings. The van der Waals surface area contributed by atoms with Crippen molar-refractivity contribution in [3.05, 3.63) is 84.9 Å². The molecule has 0 bridgehead atoms. The van der Waals surface area contributed by atoms with Crippen LogP contribution in [0.25, 0.3) is 0 Å². The van der Waals surface area contributed by atoms with Crippen molar-refractivity contribution in [2.45, 2.75) is 32.7 Å². The fourth-order valence-electron chi connectivity index (χ4n) is 5.93. The van der Waals surface area contributed by atoms with Crippen molar-refractivity contribution in [2.24, 2.45) is 0 Å². The first kappa shape index (κ1) is 49.1. The largest absolute Gasteiger partial charge is 0.491 e. The lowest BCUT2D eigenvalue weighted by Crippen LogP contribution is -2.66. The zero-order chi connectivity index (χ0) is 41.4. The molecule has 324 valence electrons. The topological polar surface area (TPSA) is 131 Å². The summed E-state index contributed by atoms with van der Waals surface area (Å²) in [6.07, 6.45) is 0. The van der Waals surface area contributed by atoms with Crippen LogP contribution in [0.3, 0.4) is 0 Å². The Labute approximate surface area is 346 Å². The maximum absolute atomic E-state index is 11.1. The number of ether oxygens (including phenoxy) is 10. The van der Waals surface area contributed by atoms with E-state index < -0.39 is 8.32 Å². The van der Waals surface area contributed by atoms with Crippen molar-refractivity contribution in [1.82, 2.24) is 0 Å². The van der Waals surface area contributed by atoms with Gasteiger partial charge in [0.25, 0.3) is 8.32 Å². The molecule has 0 spiro atoms. The Kier molecular flexibility index (Phi) is 26.0. The molecule has 0 aromatic heterocycles. The molecule has 3 aromatic rings. The molecule has 58 heavy (non-hydrogen) atoms. The Morgan fingerprint density at radius 2 is 0.759 bits per heavy atom. The fourth-order valence-corrected chi connectivity index (χ4v) is 10.5. The third kappa shape index (κ3) is 20.6. The highest BCUT2D eigenvalue weighted by Gasteiger charge is 2.50. The lowest BCUT2D eigenvalue weighted by Gasteiger charge is -2.43. The van der Waals surface area contributed by atoms with Gasteiger partial charge < -0.3 is 57.1 Å². The van der Waals surface area contributed by atoms with Gasteiger partial charge in [0.05, 0.1) is 126 Å². The minimum absolute atomic E-state index is 0.0611. The molecule has 1 amide bonds. The number of nitrogens with one attached hydrogen (secondary N) is 1. The highest BCUT2D eigenvalue weighted by Crippen LogP contribution is 2.36. The SMILES string of the molecule is CC(=O)Nc1ccc(OCCOCCOCCOCCOCCOCCOCCOCCOCCOCCO[Si](c2ccccc2)(c2ccccc2)C(C)(C)C)cc1. The first-order valence-electron chi connectivity index (χ1n) is 20.3. The minimum Gasteiger partial charge on any atom is -0.491 e. The van der Waals surface area contributed by atoms with Gasteiger partial charge in [-0.15, -0.1) is 0 Å². The quantitative estimate of drug-likeness (QED) is 0.0649. The number of benzene rings is 3. The number of carbonyl (C=O) groups is 1. The molecule has 0 aliphatic heterocycles. The molecular formula is C44H67NO12Si. The molecule has 0 saturated heterocycles. The van der Waals surface area contributed by atoms with Gasteiger partial charge in [-0.3, -0.25) is 4.79 Å². The Hall–Kier alpha value is -3.25. The third-order valence-electron chi connectivity index (χ3n) is 8.61. The van der Waals surface area contributed by atoms with E-state index in [9.17, 15) is 4.79 Å². The van der Waals surface area contributed by atoms with E-state index in [0.29, 0.717) is 138 Å². The third-order valence-corrected chi connectivity index (χ3v) is 13.7. The average Bonchev–Trinajstić information content (AvgIpc) is 3.22. The Morgan fingerprint density at radius 3 is 1.07 bits per heavy atom. The van der Waals surface area contributed by atoms with E-state index in [1.165, 1.54) is 17.3 Å². The molecule has 0 unspecified atom stereocenters. The van der Waals surface area contributed by atoms with E-state index in [2.05, 4.69) is 86.8 Å². The summed E-state index contributed by atoms with van der Waals surface area (Å²) < 4.78 is 62.7. The maximum atomic E-state index is 11.1. The zero-order valence-corrected chi connectivity index (χ0v) is 36.1. The molecule has 3 rings (SSSR count). The highest BCUT2D eigenvalue weighted by molar-refractivity contribution is 6.99. The maximum Gasteiger partial charge on any atom is 0.261 e. The number of amides is 1. The molecule has 0 saturated carbocycles. The molecule has 0 fully saturated rings. The predicted molar refractivity (Wildman–Crippen MR) is 227 cm³/mol. The molecule has 14 heteroatoms. The van der Waals surface area contributed by atoms with Crippen LogP contribution in [0.2, 0.25) is 5.04 Å². The molecule has 0 atom stereocenters. The summed E-state index contributed by atoms with van der Waals surface area (Å²) in [5, 5.41) is 5.18. The van der Waals surface area contributed by atoms with Crippen molar-refractivity contribution < 1.29 is 56.6 Å². The second-order valence-corrected chi connectivity index (χ2v) is 18.4. The molecular weight excluding hydrogens is 763 g/mol. The van der Waals surface area contributed by atoms with Crippen molar-refractivity contribution in [2.75, 3.05) is 137 Å². The van der Waals surface area contributed by atoms with Crippen molar-refractivity contribution in [1.29, 1.82) is 0 Å². The Bertz CT molecular complexity index is 1390. The minimum atomic E-state index is -2.55. The number of carbonyl (C=O) groups excluding carboxylic acids is 1. The monoisotopic (exact) mass is 829 g/mol. The van der Waals surface area contributed by atoms with Crippen LogP contribution in [0.5, 0.6) is 5.75 Å². The van der Waals surface area contributed by atoms with E-state index in [1.807, 2.05) is 0 Å². The zero-order valence-electron chi connectivity index (χ0n) is 35.1. The van der Waals surface area contributed by atoms with Gasteiger partial charge in [-0.25, -0.2) is 0 Å². The van der Waals surface area contributed by atoms with Crippen molar-refractivity contribution in [3.8, 4) is 5.75 Å². The van der Waals surface area contributed by atoms with Crippen LogP contribution in [0.15, 0.2) is 84.9 Å². The number of rotatable bonds is 35. The van der Waals surface area contributed by atoms with Crippen LogP contribution in [0.1, 0.15) is 27.7 Å². The van der Waals surface area contributed by atoms with Crippen LogP contribution in [0.4, 0.5) is 5.69 Å². The fraction of sp³-hybridized carbons (Fsp3) is 0.568. The van der Waals surface area contributed by atoms with Gasteiger partial charge in [0.1, 0.15) is 12.4 Å². The van der Waals surface area contributed by atoms with Gasteiger partial charge in [0.2, 0.25) is 5.91 Å². The van der Waals surface area contributed by atoms with E-state index in [1.54, 1.807) is 24.3 Å². The molecule has 3 aromatic carbocycles. The summed E-state index contributed by atoms with van der Waals surface area (Å²) in [6, 6.07) is 28.4. The van der Waals surface area contributed by atoms with Gasteiger partial charge >= 0.3 is 0 Å². The first-order chi connectivity index (χ1) is 28.3. The molecule has 0 aliphatic carbocycles. The number of hydrogen-bond donors (Lipinski definition) is 1. The molecule has 0 heterocycles. The second kappa shape index (κ2) is 30.7. The van der Waals surface area contributed by atoms with E-state index in [-0.39, 0.29) is 10.9 Å². The summed E-state index contributed by atoms with van der Waals surface area (Å²) >= 11 is 0. The normalized spacial score (nSPS) is 11.9.